The number of carbonyl (C=O) groups excluding carboxylic acids is 1. The van der Waals surface area contributed by atoms with Crippen molar-refractivity contribution in [1.29, 1.82) is 0 Å². The van der Waals surface area contributed by atoms with E-state index in [4.69, 9.17) is 0 Å². The van der Waals surface area contributed by atoms with Gasteiger partial charge in [0.1, 0.15) is 0 Å². The molecule has 106 valence electrons. The van der Waals surface area contributed by atoms with Gasteiger partial charge in [-0.3, -0.25) is 4.79 Å². The maximum Gasteiger partial charge on any atom is 0.261 e. The molecule has 1 N–H and O–H groups in total. The van der Waals surface area contributed by atoms with Gasteiger partial charge in [-0.25, -0.2) is 0 Å². The van der Waals surface area contributed by atoms with Crippen LogP contribution in [-0.2, 0) is 5.41 Å². The summed E-state index contributed by atoms with van der Waals surface area (Å²) in [5.74, 6) is -0.00666. The van der Waals surface area contributed by atoms with Crippen molar-refractivity contribution in [2.45, 2.75) is 26.2 Å². The number of aryl methyl sites for hydroxylation is 1. The van der Waals surface area contributed by atoms with Gasteiger partial charge in [0, 0.05) is 12.0 Å². The Bertz CT molecular complexity index is 585. The molecule has 0 radical (unpaired) electrons. The summed E-state index contributed by atoms with van der Waals surface area (Å²) in [4.78, 5) is 12.9. The number of amides is 1. The average Bonchev–Trinajstić information content (AvgIpc) is 2.77. The topological polar surface area (TPSA) is 29.1 Å². The molecule has 2 aromatic rings. The Morgan fingerprint density at radius 3 is 2.50 bits per heavy atom. The monoisotopic (exact) mass is 351 g/mol. The van der Waals surface area contributed by atoms with E-state index in [0.29, 0.717) is 6.54 Å². The fourth-order valence-electron chi connectivity index (χ4n) is 1.95. The highest BCUT2D eigenvalue weighted by Gasteiger charge is 2.22. The van der Waals surface area contributed by atoms with Crippen molar-refractivity contribution in [3.63, 3.8) is 0 Å². The van der Waals surface area contributed by atoms with Crippen LogP contribution >= 0.6 is 27.3 Å². The predicted octanol–water partition coefficient (Wildman–Crippen LogP) is 4.53. The Morgan fingerprint density at radius 1 is 1.30 bits per heavy atom. The van der Waals surface area contributed by atoms with E-state index >= 15 is 0 Å². The third-order valence-electron chi connectivity index (χ3n) is 3.33. The predicted molar refractivity (Wildman–Crippen MR) is 88.6 cm³/mol. The SMILES string of the molecule is Cc1cc(C(=O)NCC(C)(C)c2ccccc2)sc1Br. The van der Waals surface area contributed by atoms with Crippen LogP contribution in [0.1, 0.15) is 34.6 Å². The molecule has 0 fully saturated rings. The second-order valence-corrected chi connectivity index (χ2v) is 7.87. The summed E-state index contributed by atoms with van der Waals surface area (Å²) < 4.78 is 1.02. The van der Waals surface area contributed by atoms with Gasteiger partial charge in [-0.2, -0.15) is 0 Å². The standard InChI is InChI=1S/C16H18BrNOS/c1-11-9-13(20-14(11)17)15(19)18-10-16(2,3)12-7-5-4-6-8-12/h4-9H,10H2,1-3H3,(H,18,19). The number of thiophene rings is 1. The van der Waals surface area contributed by atoms with Gasteiger partial charge in [0.05, 0.1) is 8.66 Å². The first-order valence-corrected chi connectivity index (χ1v) is 8.11. The van der Waals surface area contributed by atoms with Gasteiger partial charge < -0.3 is 5.32 Å². The van der Waals surface area contributed by atoms with Crippen molar-refractivity contribution >= 4 is 33.2 Å². The van der Waals surface area contributed by atoms with Crippen molar-refractivity contribution in [2.75, 3.05) is 6.54 Å². The minimum atomic E-state index is -0.0829. The van der Waals surface area contributed by atoms with Crippen molar-refractivity contribution in [3.05, 3.63) is 56.2 Å². The number of nitrogens with one attached hydrogen (secondary N) is 1. The summed E-state index contributed by atoms with van der Waals surface area (Å²) in [7, 11) is 0. The lowest BCUT2D eigenvalue weighted by molar-refractivity contribution is 0.0949. The molecule has 1 aromatic carbocycles. The zero-order chi connectivity index (χ0) is 14.8. The number of hydrogen-bond donors (Lipinski definition) is 1. The summed E-state index contributed by atoms with van der Waals surface area (Å²) in [5.41, 5.74) is 2.24. The Balaban J connectivity index is 2.03. The second-order valence-electron chi connectivity index (χ2n) is 5.50. The third kappa shape index (κ3) is 3.49. The number of rotatable bonds is 4. The van der Waals surface area contributed by atoms with Crippen LogP contribution in [0.2, 0.25) is 0 Å². The largest absolute Gasteiger partial charge is 0.350 e. The molecule has 1 aromatic heterocycles. The first-order chi connectivity index (χ1) is 9.40. The van der Waals surface area contributed by atoms with E-state index in [1.54, 1.807) is 0 Å². The number of carbonyl (C=O) groups is 1. The van der Waals surface area contributed by atoms with Crippen LogP contribution in [0.3, 0.4) is 0 Å². The minimum Gasteiger partial charge on any atom is -0.350 e. The fraction of sp³-hybridized carbons (Fsp3) is 0.312. The Labute approximate surface area is 132 Å². The van der Waals surface area contributed by atoms with Gasteiger partial charge in [-0.15, -0.1) is 11.3 Å². The van der Waals surface area contributed by atoms with Gasteiger partial charge in [0.25, 0.3) is 5.91 Å². The quantitative estimate of drug-likeness (QED) is 0.861. The van der Waals surface area contributed by atoms with E-state index in [-0.39, 0.29) is 11.3 Å². The summed E-state index contributed by atoms with van der Waals surface area (Å²) in [6.07, 6.45) is 0. The van der Waals surface area contributed by atoms with Gasteiger partial charge in [0.15, 0.2) is 0 Å². The van der Waals surface area contributed by atoms with Crippen LogP contribution in [0.5, 0.6) is 0 Å². The molecular formula is C16H18BrNOS. The second kappa shape index (κ2) is 6.10. The van der Waals surface area contributed by atoms with Crippen molar-refractivity contribution in [3.8, 4) is 0 Å². The third-order valence-corrected chi connectivity index (χ3v) is 5.46. The Morgan fingerprint density at radius 2 is 1.95 bits per heavy atom. The van der Waals surface area contributed by atoms with Crippen LogP contribution < -0.4 is 5.32 Å². The molecule has 0 unspecified atom stereocenters. The molecule has 0 saturated carbocycles. The Hall–Kier alpha value is -1.13. The molecule has 0 atom stereocenters. The summed E-state index contributed by atoms with van der Waals surface area (Å²) in [6, 6.07) is 12.2. The highest BCUT2D eigenvalue weighted by Crippen LogP contribution is 2.27. The van der Waals surface area contributed by atoms with E-state index in [9.17, 15) is 4.79 Å². The fourth-order valence-corrected chi connectivity index (χ4v) is 3.40. The molecular weight excluding hydrogens is 334 g/mol. The number of halogens is 1. The van der Waals surface area contributed by atoms with E-state index in [0.717, 1.165) is 14.2 Å². The van der Waals surface area contributed by atoms with E-state index in [1.807, 2.05) is 31.2 Å². The van der Waals surface area contributed by atoms with E-state index in [2.05, 4.69) is 47.2 Å². The van der Waals surface area contributed by atoms with Crippen LogP contribution in [0.4, 0.5) is 0 Å². The van der Waals surface area contributed by atoms with Gasteiger partial charge in [-0.1, -0.05) is 44.2 Å². The minimum absolute atomic E-state index is 0.00666. The molecule has 2 nitrogen and oxygen atoms in total. The molecule has 2 rings (SSSR count). The molecule has 0 aliphatic carbocycles. The first kappa shape index (κ1) is 15.3. The van der Waals surface area contributed by atoms with E-state index in [1.165, 1.54) is 16.9 Å². The molecule has 0 spiro atoms. The maximum atomic E-state index is 12.2. The van der Waals surface area contributed by atoms with E-state index < -0.39 is 0 Å². The smallest absolute Gasteiger partial charge is 0.261 e. The summed E-state index contributed by atoms with van der Waals surface area (Å²) in [5, 5.41) is 3.03. The molecule has 0 saturated heterocycles. The summed E-state index contributed by atoms with van der Waals surface area (Å²) >= 11 is 4.92. The van der Waals surface area contributed by atoms with Crippen molar-refractivity contribution in [1.82, 2.24) is 5.32 Å². The van der Waals surface area contributed by atoms with Crippen LogP contribution in [0.15, 0.2) is 40.2 Å². The zero-order valence-electron chi connectivity index (χ0n) is 11.9. The van der Waals surface area contributed by atoms with Gasteiger partial charge >= 0.3 is 0 Å². The normalized spacial score (nSPS) is 11.4. The zero-order valence-corrected chi connectivity index (χ0v) is 14.3. The van der Waals surface area contributed by atoms with Crippen LogP contribution in [-0.4, -0.2) is 12.5 Å². The number of benzene rings is 1. The van der Waals surface area contributed by atoms with Crippen molar-refractivity contribution < 1.29 is 4.79 Å². The summed E-state index contributed by atoms with van der Waals surface area (Å²) in [6.45, 7) is 6.88. The maximum absolute atomic E-state index is 12.2. The van der Waals surface area contributed by atoms with Crippen LogP contribution in [0.25, 0.3) is 0 Å². The van der Waals surface area contributed by atoms with Crippen LogP contribution in [0, 0.1) is 6.92 Å². The molecule has 0 aliphatic rings. The highest BCUT2D eigenvalue weighted by atomic mass is 79.9. The lowest BCUT2D eigenvalue weighted by atomic mass is 9.84. The van der Waals surface area contributed by atoms with Gasteiger partial charge in [-0.05, 0) is 40.0 Å². The lowest BCUT2D eigenvalue weighted by Crippen LogP contribution is -2.36. The highest BCUT2D eigenvalue weighted by molar-refractivity contribution is 9.11. The van der Waals surface area contributed by atoms with Crippen molar-refractivity contribution in [2.24, 2.45) is 0 Å². The molecule has 0 aliphatic heterocycles. The van der Waals surface area contributed by atoms with Gasteiger partial charge in [0.2, 0.25) is 0 Å². The Kier molecular flexibility index (Phi) is 4.66. The lowest BCUT2D eigenvalue weighted by Gasteiger charge is -2.25. The molecule has 1 heterocycles. The first-order valence-electron chi connectivity index (χ1n) is 6.50. The molecule has 20 heavy (non-hydrogen) atoms. The average molecular weight is 352 g/mol. The molecule has 0 bridgehead atoms. The molecule has 1 amide bonds. The number of hydrogen-bond acceptors (Lipinski definition) is 2. The molecule has 4 heteroatoms.